The van der Waals surface area contributed by atoms with Gasteiger partial charge in [0.15, 0.2) is 0 Å². The molecule has 1 N–H and O–H groups in total. The van der Waals surface area contributed by atoms with Crippen molar-refractivity contribution in [3.63, 3.8) is 0 Å². The smallest absolute Gasteiger partial charge is 0.319 e. The van der Waals surface area contributed by atoms with Crippen molar-refractivity contribution in [1.82, 2.24) is 15.1 Å². The van der Waals surface area contributed by atoms with Crippen molar-refractivity contribution in [2.75, 3.05) is 13.2 Å². The molecule has 1 aliphatic carbocycles. The van der Waals surface area contributed by atoms with E-state index in [1.165, 1.54) is 21.6 Å². The van der Waals surface area contributed by atoms with E-state index in [0.29, 0.717) is 13.1 Å². The SMILES string of the molecule is O=C1NC2(CCCCc3ccccc32)C(=O)N1CN1CCc2ccccc2C1. The van der Waals surface area contributed by atoms with Crippen LogP contribution in [0, 0.1) is 0 Å². The molecule has 0 aromatic heterocycles. The monoisotopic (exact) mass is 375 g/mol. The van der Waals surface area contributed by atoms with Gasteiger partial charge in [0.25, 0.3) is 5.91 Å². The summed E-state index contributed by atoms with van der Waals surface area (Å²) in [6, 6.07) is 16.2. The highest BCUT2D eigenvalue weighted by Crippen LogP contribution is 2.39. The Morgan fingerprint density at radius 2 is 1.64 bits per heavy atom. The average Bonchev–Trinajstić information content (AvgIpc) is 2.86. The van der Waals surface area contributed by atoms with Crippen LogP contribution in [0.15, 0.2) is 48.5 Å². The molecule has 2 aromatic rings. The first-order valence-corrected chi connectivity index (χ1v) is 10.2. The lowest BCUT2D eigenvalue weighted by atomic mass is 9.84. The molecule has 1 saturated heterocycles. The van der Waals surface area contributed by atoms with E-state index in [-0.39, 0.29) is 11.9 Å². The Labute approximate surface area is 165 Å². The second kappa shape index (κ2) is 6.74. The van der Waals surface area contributed by atoms with Crippen LogP contribution in [-0.4, -0.2) is 35.0 Å². The van der Waals surface area contributed by atoms with Gasteiger partial charge in [0.05, 0.1) is 6.67 Å². The van der Waals surface area contributed by atoms with Crippen molar-refractivity contribution in [3.05, 3.63) is 70.8 Å². The number of nitrogens with zero attached hydrogens (tertiary/aromatic N) is 2. The van der Waals surface area contributed by atoms with Crippen molar-refractivity contribution >= 4 is 11.9 Å². The van der Waals surface area contributed by atoms with Gasteiger partial charge in [-0.25, -0.2) is 9.69 Å². The third-order valence-corrected chi connectivity index (χ3v) is 6.45. The van der Waals surface area contributed by atoms with Crippen LogP contribution in [0.4, 0.5) is 4.79 Å². The fourth-order valence-corrected chi connectivity index (χ4v) is 4.98. The summed E-state index contributed by atoms with van der Waals surface area (Å²) in [6.07, 6.45) is 4.57. The highest BCUT2D eigenvalue weighted by Gasteiger charge is 2.53. The Morgan fingerprint density at radius 1 is 0.893 bits per heavy atom. The molecule has 5 heteroatoms. The summed E-state index contributed by atoms with van der Waals surface area (Å²) in [7, 11) is 0. The zero-order valence-electron chi connectivity index (χ0n) is 16.0. The summed E-state index contributed by atoms with van der Waals surface area (Å²) in [5, 5.41) is 3.08. The van der Waals surface area contributed by atoms with Gasteiger partial charge in [-0.15, -0.1) is 0 Å². The zero-order chi connectivity index (χ0) is 19.1. The Bertz CT molecular complexity index is 941. The Balaban J connectivity index is 1.41. The van der Waals surface area contributed by atoms with E-state index in [2.05, 4.69) is 34.5 Å². The molecule has 5 nitrogen and oxygen atoms in total. The molecule has 0 saturated carbocycles. The third kappa shape index (κ3) is 2.73. The van der Waals surface area contributed by atoms with E-state index >= 15 is 0 Å². The maximum absolute atomic E-state index is 13.5. The number of carbonyl (C=O) groups excluding carboxylic acids is 2. The first-order valence-electron chi connectivity index (χ1n) is 10.2. The quantitative estimate of drug-likeness (QED) is 0.821. The molecule has 1 atom stereocenters. The van der Waals surface area contributed by atoms with Gasteiger partial charge in [-0.3, -0.25) is 9.69 Å². The van der Waals surface area contributed by atoms with Crippen LogP contribution in [0.25, 0.3) is 0 Å². The molecule has 2 heterocycles. The lowest BCUT2D eigenvalue weighted by Crippen LogP contribution is -2.46. The first-order chi connectivity index (χ1) is 13.7. The lowest BCUT2D eigenvalue weighted by Gasteiger charge is -2.32. The van der Waals surface area contributed by atoms with Gasteiger partial charge in [0, 0.05) is 13.1 Å². The third-order valence-electron chi connectivity index (χ3n) is 6.45. The number of aryl methyl sites for hydroxylation is 1. The second-order valence-electron chi connectivity index (χ2n) is 8.15. The Kier molecular flexibility index (Phi) is 4.20. The van der Waals surface area contributed by atoms with Crippen molar-refractivity contribution in [1.29, 1.82) is 0 Å². The second-order valence-corrected chi connectivity index (χ2v) is 8.15. The Hall–Kier alpha value is -2.66. The lowest BCUT2D eigenvalue weighted by molar-refractivity contribution is -0.133. The molecule has 3 amide bonds. The van der Waals surface area contributed by atoms with Crippen LogP contribution < -0.4 is 5.32 Å². The fraction of sp³-hybridized carbons (Fsp3) is 0.391. The number of benzene rings is 2. The summed E-state index contributed by atoms with van der Waals surface area (Å²) in [5.74, 6) is -0.0919. The maximum atomic E-state index is 13.5. The molecule has 2 aromatic carbocycles. The number of amides is 3. The molecule has 1 spiro atoms. The predicted molar refractivity (Wildman–Crippen MR) is 106 cm³/mol. The number of fused-ring (bicyclic) bond motifs is 3. The number of hydrogen-bond acceptors (Lipinski definition) is 3. The minimum Gasteiger partial charge on any atom is -0.319 e. The first kappa shape index (κ1) is 17.4. The van der Waals surface area contributed by atoms with Crippen molar-refractivity contribution in [2.45, 2.75) is 44.2 Å². The highest BCUT2D eigenvalue weighted by molar-refractivity contribution is 6.07. The van der Waals surface area contributed by atoms with Crippen molar-refractivity contribution in [2.24, 2.45) is 0 Å². The molecule has 5 rings (SSSR count). The van der Waals surface area contributed by atoms with Gasteiger partial charge in [-0.1, -0.05) is 48.5 Å². The average molecular weight is 375 g/mol. The van der Waals surface area contributed by atoms with E-state index in [1.807, 2.05) is 24.3 Å². The molecule has 1 fully saturated rings. The standard InChI is InChI=1S/C23H25N3O2/c27-21-23(13-6-5-9-18-8-3-4-11-20(18)23)24-22(28)26(21)16-25-14-12-17-7-1-2-10-19(17)15-25/h1-4,7-8,10-11H,5-6,9,12-16H2,(H,24,28). The van der Waals surface area contributed by atoms with Gasteiger partial charge < -0.3 is 5.32 Å². The van der Waals surface area contributed by atoms with Crippen LogP contribution >= 0.6 is 0 Å². The van der Waals surface area contributed by atoms with Gasteiger partial charge in [-0.2, -0.15) is 0 Å². The van der Waals surface area contributed by atoms with E-state index in [1.54, 1.807) is 0 Å². The summed E-state index contributed by atoms with van der Waals surface area (Å²) in [4.78, 5) is 30.0. The highest BCUT2D eigenvalue weighted by atomic mass is 16.2. The van der Waals surface area contributed by atoms with Crippen LogP contribution in [0.1, 0.15) is 41.5 Å². The fourth-order valence-electron chi connectivity index (χ4n) is 4.98. The molecule has 2 aliphatic heterocycles. The number of hydrogen-bond donors (Lipinski definition) is 1. The van der Waals surface area contributed by atoms with Crippen LogP contribution in [0.5, 0.6) is 0 Å². The van der Waals surface area contributed by atoms with Crippen molar-refractivity contribution < 1.29 is 9.59 Å². The Morgan fingerprint density at radius 3 is 2.50 bits per heavy atom. The topological polar surface area (TPSA) is 52.7 Å². The largest absolute Gasteiger partial charge is 0.326 e. The van der Waals surface area contributed by atoms with Gasteiger partial charge in [-0.05, 0) is 54.4 Å². The summed E-state index contributed by atoms with van der Waals surface area (Å²) in [5.41, 5.74) is 3.93. The van der Waals surface area contributed by atoms with Gasteiger partial charge in [0.2, 0.25) is 0 Å². The number of nitrogens with one attached hydrogen (secondary N) is 1. The minimum absolute atomic E-state index is 0.0919. The molecular formula is C23H25N3O2. The van der Waals surface area contributed by atoms with Crippen LogP contribution in [0.2, 0.25) is 0 Å². The van der Waals surface area contributed by atoms with Crippen molar-refractivity contribution in [3.8, 4) is 0 Å². The summed E-state index contributed by atoms with van der Waals surface area (Å²) >= 11 is 0. The molecule has 0 radical (unpaired) electrons. The minimum atomic E-state index is -0.891. The van der Waals surface area contributed by atoms with E-state index in [9.17, 15) is 9.59 Å². The van der Waals surface area contributed by atoms with Gasteiger partial charge in [0.1, 0.15) is 5.54 Å². The number of urea groups is 1. The maximum Gasteiger partial charge on any atom is 0.326 e. The molecule has 0 bridgehead atoms. The van der Waals surface area contributed by atoms with E-state index in [0.717, 1.165) is 44.3 Å². The van der Waals surface area contributed by atoms with E-state index in [4.69, 9.17) is 0 Å². The number of carbonyl (C=O) groups is 2. The zero-order valence-corrected chi connectivity index (χ0v) is 16.0. The summed E-state index contributed by atoms with van der Waals surface area (Å²) < 4.78 is 0. The molecule has 1 unspecified atom stereocenters. The van der Waals surface area contributed by atoms with E-state index < -0.39 is 5.54 Å². The normalized spacial score (nSPS) is 24.6. The molecule has 3 aliphatic rings. The van der Waals surface area contributed by atoms with Crippen LogP contribution in [-0.2, 0) is 29.7 Å². The van der Waals surface area contributed by atoms with Crippen LogP contribution in [0.3, 0.4) is 0 Å². The molecule has 28 heavy (non-hydrogen) atoms. The van der Waals surface area contributed by atoms with Gasteiger partial charge >= 0.3 is 6.03 Å². The predicted octanol–water partition coefficient (Wildman–Crippen LogP) is 3.18. The number of rotatable bonds is 2. The number of imide groups is 1. The molecule has 144 valence electrons. The summed E-state index contributed by atoms with van der Waals surface area (Å²) in [6.45, 7) is 1.98. The molecular weight excluding hydrogens is 350 g/mol.